The number of amides is 2. The summed E-state index contributed by atoms with van der Waals surface area (Å²) in [7, 11) is 0. The molecule has 0 spiro atoms. The molecule has 1 saturated heterocycles. The van der Waals surface area contributed by atoms with Crippen LogP contribution in [0.4, 0.5) is 17.1 Å². The van der Waals surface area contributed by atoms with Crippen molar-refractivity contribution in [1.29, 1.82) is 0 Å². The van der Waals surface area contributed by atoms with Gasteiger partial charge in [-0.3, -0.25) is 19.7 Å². The van der Waals surface area contributed by atoms with Gasteiger partial charge in [-0.25, -0.2) is 4.79 Å². The van der Waals surface area contributed by atoms with Crippen LogP contribution in [0.3, 0.4) is 0 Å². The number of hydrogen-bond donors (Lipinski definition) is 1. The molecule has 0 atom stereocenters. The summed E-state index contributed by atoms with van der Waals surface area (Å²) in [6, 6.07) is 10.9. The Labute approximate surface area is 166 Å². The van der Waals surface area contributed by atoms with Crippen molar-refractivity contribution in [3.05, 3.63) is 63.7 Å². The van der Waals surface area contributed by atoms with Crippen molar-refractivity contribution < 1.29 is 24.0 Å². The molecular weight excluding hydrogens is 378 g/mol. The van der Waals surface area contributed by atoms with Crippen molar-refractivity contribution in [2.45, 2.75) is 19.8 Å². The number of carbonyl (C=O) groups excluding carboxylic acids is 3. The van der Waals surface area contributed by atoms with Crippen LogP contribution in [0.1, 0.15) is 28.8 Å². The lowest BCUT2D eigenvalue weighted by atomic mass is 10.1. The predicted molar refractivity (Wildman–Crippen MR) is 105 cm³/mol. The Morgan fingerprint density at radius 1 is 1.21 bits per heavy atom. The molecule has 3 rings (SSSR count). The Kier molecular flexibility index (Phi) is 5.87. The number of carbonyl (C=O) groups is 3. The monoisotopic (exact) mass is 397 g/mol. The van der Waals surface area contributed by atoms with Gasteiger partial charge in [-0.2, -0.15) is 0 Å². The van der Waals surface area contributed by atoms with Crippen LogP contribution in [0.5, 0.6) is 0 Å². The molecule has 150 valence electrons. The van der Waals surface area contributed by atoms with Crippen LogP contribution in [-0.4, -0.2) is 35.9 Å². The van der Waals surface area contributed by atoms with Crippen LogP contribution in [0.15, 0.2) is 42.5 Å². The Morgan fingerprint density at radius 2 is 1.93 bits per heavy atom. The number of nitrogens with one attached hydrogen (secondary N) is 1. The van der Waals surface area contributed by atoms with Gasteiger partial charge in [-0.1, -0.05) is 6.07 Å². The average molecular weight is 397 g/mol. The number of nitro groups is 1. The minimum absolute atomic E-state index is 0.0339. The second-order valence-electron chi connectivity index (χ2n) is 6.53. The summed E-state index contributed by atoms with van der Waals surface area (Å²) in [6.07, 6.45) is 1.36. The van der Waals surface area contributed by atoms with Gasteiger partial charge in [0.15, 0.2) is 6.61 Å². The van der Waals surface area contributed by atoms with E-state index in [1.165, 1.54) is 25.1 Å². The first-order valence-corrected chi connectivity index (χ1v) is 8.98. The van der Waals surface area contributed by atoms with E-state index in [1.54, 1.807) is 29.2 Å². The molecule has 0 aliphatic carbocycles. The van der Waals surface area contributed by atoms with E-state index < -0.39 is 23.4 Å². The normalized spacial score (nSPS) is 13.3. The number of anilines is 2. The van der Waals surface area contributed by atoms with Crippen LogP contribution < -0.4 is 10.2 Å². The number of nitro benzene ring substituents is 1. The summed E-state index contributed by atoms with van der Waals surface area (Å²) in [4.78, 5) is 48.0. The largest absolute Gasteiger partial charge is 0.452 e. The highest BCUT2D eigenvalue weighted by molar-refractivity contribution is 5.97. The molecule has 0 unspecified atom stereocenters. The molecule has 1 heterocycles. The van der Waals surface area contributed by atoms with Gasteiger partial charge in [-0.15, -0.1) is 0 Å². The van der Waals surface area contributed by atoms with Gasteiger partial charge in [0.2, 0.25) is 5.91 Å². The zero-order chi connectivity index (χ0) is 21.0. The first kappa shape index (κ1) is 20.0. The SMILES string of the molecule is Cc1c(C(=O)OCC(=O)Nc2ccc(N3CCCC3=O)cc2)cccc1[N+](=O)[O-]. The van der Waals surface area contributed by atoms with E-state index in [4.69, 9.17) is 4.74 Å². The fourth-order valence-corrected chi connectivity index (χ4v) is 3.09. The molecular formula is C20H19N3O6. The molecule has 2 aromatic carbocycles. The number of ether oxygens (including phenoxy) is 1. The van der Waals surface area contributed by atoms with E-state index in [0.717, 1.165) is 12.1 Å². The highest BCUT2D eigenvalue weighted by Gasteiger charge is 2.22. The Bertz CT molecular complexity index is 971. The number of nitrogens with zero attached hydrogens (tertiary/aromatic N) is 2. The van der Waals surface area contributed by atoms with Crippen molar-refractivity contribution in [2.24, 2.45) is 0 Å². The van der Waals surface area contributed by atoms with Crippen molar-refractivity contribution in [3.63, 3.8) is 0 Å². The van der Waals surface area contributed by atoms with Crippen molar-refractivity contribution in [1.82, 2.24) is 0 Å². The van der Waals surface area contributed by atoms with Crippen LogP contribution in [0.2, 0.25) is 0 Å². The summed E-state index contributed by atoms with van der Waals surface area (Å²) >= 11 is 0. The topological polar surface area (TPSA) is 119 Å². The molecule has 2 aromatic rings. The smallest absolute Gasteiger partial charge is 0.339 e. The summed E-state index contributed by atoms with van der Waals surface area (Å²) in [5.74, 6) is -1.29. The molecule has 1 aliphatic rings. The summed E-state index contributed by atoms with van der Waals surface area (Å²) in [5.41, 5.74) is 1.27. The van der Waals surface area contributed by atoms with E-state index in [1.807, 2.05) is 0 Å². The molecule has 29 heavy (non-hydrogen) atoms. The molecule has 1 N–H and O–H groups in total. The Morgan fingerprint density at radius 3 is 2.55 bits per heavy atom. The molecule has 9 heteroatoms. The molecule has 2 amide bonds. The maximum atomic E-state index is 12.2. The predicted octanol–water partition coefficient (Wildman–Crippen LogP) is 2.83. The van der Waals surface area contributed by atoms with Gasteiger partial charge in [-0.05, 0) is 43.7 Å². The fraction of sp³-hybridized carbons (Fsp3) is 0.250. The third kappa shape index (κ3) is 4.57. The lowest BCUT2D eigenvalue weighted by Gasteiger charge is -2.16. The van der Waals surface area contributed by atoms with Gasteiger partial charge < -0.3 is 15.0 Å². The second-order valence-corrected chi connectivity index (χ2v) is 6.53. The fourth-order valence-electron chi connectivity index (χ4n) is 3.09. The van der Waals surface area contributed by atoms with E-state index in [0.29, 0.717) is 18.7 Å². The van der Waals surface area contributed by atoms with E-state index >= 15 is 0 Å². The molecule has 1 aliphatic heterocycles. The minimum atomic E-state index is -0.816. The molecule has 9 nitrogen and oxygen atoms in total. The first-order chi connectivity index (χ1) is 13.9. The standard InChI is InChI=1S/C20H19N3O6/c1-13-16(4-2-5-17(13)23(27)28)20(26)29-12-18(24)21-14-7-9-15(10-8-14)22-11-3-6-19(22)25/h2,4-5,7-10H,3,6,11-12H2,1H3,(H,21,24). The maximum Gasteiger partial charge on any atom is 0.339 e. The number of hydrogen-bond acceptors (Lipinski definition) is 6. The van der Waals surface area contributed by atoms with Crippen LogP contribution in [0, 0.1) is 17.0 Å². The zero-order valence-corrected chi connectivity index (χ0v) is 15.7. The highest BCUT2D eigenvalue weighted by atomic mass is 16.6. The summed E-state index contributed by atoms with van der Waals surface area (Å²) < 4.78 is 4.97. The molecule has 0 aromatic heterocycles. The third-order valence-corrected chi connectivity index (χ3v) is 4.59. The van der Waals surface area contributed by atoms with Crippen molar-refractivity contribution >= 4 is 34.8 Å². The van der Waals surface area contributed by atoms with E-state index in [9.17, 15) is 24.5 Å². The van der Waals surface area contributed by atoms with Crippen LogP contribution in [-0.2, 0) is 14.3 Å². The molecule has 0 radical (unpaired) electrons. The molecule has 0 saturated carbocycles. The van der Waals surface area contributed by atoms with E-state index in [-0.39, 0.29) is 22.7 Å². The lowest BCUT2D eigenvalue weighted by molar-refractivity contribution is -0.385. The third-order valence-electron chi connectivity index (χ3n) is 4.59. The van der Waals surface area contributed by atoms with Gasteiger partial charge in [0.1, 0.15) is 0 Å². The summed E-state index contributed by atoms with van der Waals surface area (Å²) in [5, 5.41) is 13.6. The van der Waals surface area contributed by atoms with Gasteiger partial charge in [0, 0.05) is 36.0 Å². The molecule has 1 fully saturated rings. The highest BCUT2D eigenvalue weighted by Crippen LogP contribution is 2.23. The zero-order valence-electron chi connectivity index (χ0n) is 15.7. The average Bonchev–Trinajstić information content (AvgIpc) is 3.12. The number of rotatable bonds is 6. The lowest BCUT2D eigenvalue weighted by Crippen LogP contribution is -2.24. The van der Waals surface area contributed by atoms with Crippen molar-refractivity contribution in [3.8, 4) is 0 Å². The number of esters is 1. The van der Waals surface area contributed by atoms with E-state index in [2.05, 4.69) is 5.32 Å². The Balaban J connectivity index is 1.56. The van der Waals surface area contributed by atoms with Gasteiger partial charge >= 0.3 is 5.97 Å². The van der Waals surface area contributed by atoms with Crippen LogP contribution >= 0.6 is 0 Å². The van der Waals surface area contributed by atoms with Crippen molar-refractivity contribution in [2.75, 3.05) is 23.4 Å². The Hall–Kier alpha value is -3.75. The van der Waals surface area contributed by atoms with Gasteiger partial charge in [0.25, 0.3) is 11.6 Å². The number of benzene rings is 2. The minimum Gasteiger partial charge on any atom is -0.452 e. The second kappa shape index (κ2) is 8.51. The first-order valence-electron chi connectivity index (χ1n) is 8.98. The van der Waals surface area contributed by atoms with Gasteiger partial charge in [0.05, 0.1) is 10.5 Å². The molecule has 0 bridgehead atoms. The maximum absolute atomic E-state index is 12.2. The van der Waals surface area contributed by atoms with Crippen LogP contribution in [0.25, 0.3) is 0 Å². The quantitative estimate of drug-likeness (QED) is 0.455. The summed E-state index contributed by atoms with van der Waals surface area (Å²) in [6.45, 7) is 1.59.